The Morgan fingerprint density at radius 2 is 2.04 bits per heavy atom. The number of amides is 1. The average Bonchev–Trinajstić information content (AvgIpc) is 2.48. The fourth-order valence-electron chi connectivity index (χ4n) is 2.61. The Labute approximate surface area is 139 Å². The molecule has 2 rings (SSSR count). The zero-order valence-corrected chi connectivity index (χ0v) is 14.1. The number of rotatable bonds is 6. The quantitative estimate of drug-likeness (QED) is 0.829. The van der Waals surface area contributed by atoms with Crippen LogP contribution in [0.4, 0.5) is 8.78 Å². The summed E-state index contributed by atoms with van der Waals surface area (Å²) in [6.45, 7) is -2.15. The van der Waals surface area contributed by atoms with Gasteiger partial charge in [0.15, 0.2) is 0 Å². The molecule has 24 heavy (non-hydrogen) atoms. The fourth-order valence-corrected chi connectivity index (χ4v) is 3.53. The van der Waals surface area contributed by atoms with Crippen LogP contribution in [-0.2, 0) is 21.2 Å². The third-order valence-electron chi connectivity index (χ3n) is 3.73. The first kappa shape index (κ1) is 18.6. The molecule has 0 saturated carbocycles. The minimum absolute atomic E-state index is 0.0326. The van der Waals surface area contributed by atoms with Gasteiger partial charge in [0.25, 0.3) is 0 Å². The molecule has 1 aliphatic rings. The van der Waals surface area contributed by atoms with Gasteiger partial charge in [-0.2, -0.15) is 8.78 Å². The van der Waals surface area contributed by atoms with Crippen molar-refractivity contribution in [3.05, 3.63) is 29.8 Å². The third kappa shape index (κ3) is 5.72. The molecule has 9 heteroatoms. The Kier molecular flexibility index (Phi) is 6.11. The minimum atomic E-state index is -3.26. The molecular weight excluding hydrogens is 342 g/mol. The maximum atomic E-state index is 12.1. The Morgan fingerprint density at radius 1 is 1.38 bits per heavy atom. The van der Waals surface area contributed by atoms with Gasteiger partial charge in [-0.25, -0.2) is 12.7 Å². The highest BCUT2D eigenvalue weighted by Gasteiger charge is 2.26. The third-order valence-corrected chi connectivity index (χ3v) is 5.00. The van der Waals surface area contributed by atoms with Crippen molar-refractivity contribution < 1.29 is 26.7 Å². The number of carbonyl (C=O) groups is 1. The number of alkyl halides is 2. The van der Waals surface area contributed by atoms with E-state index in [0.29, 0.717) is 18.5 Å². The van der Waals surface area contributed by atoms with E-state index in [1.54, 1.807) is 12.1 Å². The number of carbonyl (C=O) groups excluding carboxylic acids is 1. The minimum Gasteiger partial charge on any atom is -0.435 e. The van der Waals surface area contributed by atoms with Gasteiger partial charge in [0.1, 0.15) is 5.75 Å². The number of nitrogens with one attached hydrogen (secondary N) is 1. The van der Waals surface area contributed by atoms with Crippen LogP contribution in [-0.4, -0.2) is 50.6 Å². The van der Waals surface area contributed by atoms with Crippen LogP contribution < -0.4 is 10.1 Å². The largest absolute Gasteiger partial charge is 0.435 e. The van der Waals surface area contributed by atoms with Crippen molar-refractivity contribution in [2.45, 2.75) is 31.9 Å². The van der Waals surface area contributed by atoms with E-state index in [-0.39, 0.29) is 30.7 Å². The standard InChI is InChI=1S/C15H20F2N2O4S/c1-24(21,22)19-8-2-3-12(10-19)18-14(20)9-11-4-6-13(7-5-11)23-15(16)17/h4-7,12,15H,2-3,8-10H2,1H3,(H,18,20). The molecule has 6 nitrogen and oxygen atoms in total. The first-order chi connectivity index (χ1) is 11.2. The molecule has 0 aromatic heterocycles. The van der Waals surface area contributed by atoms with E-state index >= 15 is 0 Å². The van der Waals surface area contributed by atoms with Gasteiger partial charge in [0, 0.05) is 19.1 Å². The molecule has 134 valence electrons. The average molecular weight is 362 g/mol. The first-order valence-electron chi connectivity index (χ1n) is 7.52. The van der Waals surface area contributed by atoms with Crippen molar-refractivity contribution in [1.29, 1.82) is 0 Å². The lowest BCUT2D eigenvalue weighted by atomic mass is 10.1. The molecule has 0 radical (unpaired) electrons. The number of ether oxygens (including phenoxy) is 1. The maximum absolute atomic E-state index is 12.1. The molecule has 1 heterocycles. The number of hydrogen-bond donors (Lipinski definition) is 1. The number of hydrogen-bond acceptors (Lipinski definition) is 4. The number of nitrogens with zero attached hydrogens (tertiary/aromatic N) is 1. The van der Waals surface area contributed by atoms with Crippen LogP contribution in [0.1, 0.15) is 18.4 Å². The van der Waals surface area contributed by atoms with Crippen molar-refractivity contribution in [3.63, 3.8) is 0 Å². The molecule has 0 bridgehead atoms. The van der Waals surface area contributed by atoms with Crippen molar-refractivity contribution in [2.24, 2.45) is 0 Å². The molecular formula is C15H20F2N2O4S. The molecule has 0 aliphatic carbocycles. The predicted molar refractivity (Wildman–Crippen MR) is 84.4 cm³/mol. The van der Waals surface area contributed by atoms with Crippen LogP contribution in [0.3, 0.4) is 0 Å². The monoisotopic (exact) mass is 362 g/mol. The van der Waals surface area contributed by atoms with Crippen LogP contribution in [0.25, 0.3) is 0 Å². The molecule has 1 amide bonds. The topological polar surface area (TPSA) is 75.7 Å². The highest BCUT2D eigenvalue weighted by molar-refractivity contribution is 7.88. The van der Waals surface area contributed by atoms with Crippen molar-refractivity contribution in [2.75, 3.05) is 19.3 Å². The van der Waals surface area contributed by atoms with Gasteiger partial charge in [0.2, 0.25) is 15.9 Å². The summed E-state index contributed by atoms with van der Waals surface area (Å²) < 4.78 is 52.9. The highest BCUT2D eigenvalue weighted by Crippen LogP contribution is 2.16. The Hall–Kier alpha value is -1.74. The van der Waals surface area contributed by atoms with Crippen molar-refractivity contribution >= 4 is 15.9 Å². The van der Waals surface area contributed by atoms with E-state index in [4.69, 9.17) is 0 Å². The molecule has 1 fully saturated rings. The van der Waals surface area contributed by atoms with E-state index in [2.05, 4.69) is 10.1 Å². The van der Waals surface area contributed by atoms with E-state index < -0.39 is 16.6 Å². The lowest BCUT2D eigenvalue weighted by molar-refractivity contribution is -0.121. The highest BCUT2D eigenvalue weighted by atomic mass is 32.2. The molecule has 1 aromatic carbocycles. The summed E-state index contributed by atoms with van der Waals surface area (Å²) in [5.74, 6) is -0.205. The van der Waals surface area contributed by atoms with Crippen LogP contribution >= 0.6 is 0 Å². The van der Waals surface area contributed by atoms with Crippen molar-refractivity contribution in [3.8, 4) is 5.75 Å². The molecule has 1 aromatic rings. The van der Waals surface area contributed by atoms with E-state index in [1.807, 2.05) is 0 Å². The van der Waals surface area contributed by atoms with Gasteiger partial charge in [-0.1, -0.05) is 12.1 Å². The number of benzene rings is 1. The second kappa shape index (κ2) is 7.89. The zero-order valence-electron chi connectivity index (χ0n) is 13.2. The van der Waals surface area contributed by atoms with Gasteiger partial charge in [-0.05, 0) is 30.5 Å². The van der Waals surface area contributed by atoms with Gasteiger partial charge >= 0.3 is 6.61 Å². The molecule has 1 aliphatic heterocycles. The summed E-state index contributed by atoms with van der Waals surface area (Å²) in [7, 11) is -3.26. The van der Waals surface area contributed by atoms with Gasteiger partial charge in [-0.3, -0.25) is 4.79 Å². The zero-order chi connectivity index (χ0) is 17.7. The lowest BCUT2D eigenvalue weighted by Gasteiger charge is -2.31. The second-order valence-corrected chi connectivity index (χ2v) is 7.71. The normalized spacial score (nSPS) is 19.2. The maximum Gasteiger partial charge on any atom is 0.387 e. The molecule has 1 saturated heterocycles. The molecule has 1 N–H and O–H groups in total. The van der Waals surface area contributed by atoms with E-state index in [1.165, 1.54) is 16.4 Å². The summed E-state index contributed by atoms with van der Waals surface area (Å²) in [5.41, 5.74) is 0.657. The summed E-state index contributed by atoms with van der Waals surface area (Å²) >= 11 is 0. The molecule has 0 spiro atoms. The summed E-state index contributed by atoms with van der Waals surface area (Å²) in [5, 5.41) is 2.82. The Morgan fingerprint density at radius 3 is 2.62 bits per heavy atom. The summed E-state index contributed by atoms with van der Waals surface area (Å²) in [6, 6.07) is 5.62. The Balaban J connectivity index is 1.86. The predicted octanol–water partition coefficient (Wildman–Crippen LogP) is 1.37. The van der Waals surface area contributed by atoms with Crippen LogP contribution in [0.2, 0.25) is 0 Å². The number of halogens is 2. The van der Waals surface area contributed by atoms with E-state index in [9.17, 15) is 22.0 Å². The van der Waals surface area contributed by atoms with Crippen LogP contribution in [0, 0.1) is 0 Å². The van der Waals surface area contributed by atoms with Crippen molar-refractivity contribution in [1.82, 2.24) is 9.62 Å². The fraction of sp³-hybridized carbons (Fsp3) is 0.533. The van der Waals surface area contributed by atoms with Gasteiger partial charge in [0.05, 0.1) is 12.7 Å². The number of piperidine rings is 1. The SMILES string of the molecule is CS(=O)(=O)N1CCCC(NC(=O)Cc2ccc(OC(F)F)cc2)C1. The Bertz CT molecular complexity index is 665. The second-order valence-electron chi connectivity index (χ2n) is 5.73. The lowest BCUT2D eigenvalue weighted by Crippen LogP contribution is -2.49. The van der Waals surface area contributed by atoms with Crippen LogP contribution in [0.15, 0.2) is 24.3 Å². The number of sulfonamides is 1. The van der Waals surface area contributed by atoms with Crippen LogP contribution in [0.5, 0.6) is 5.75 Å². The van der Waals surface area contributed by atoms with Gasteiger partial charge < -0.3 is 10.1 Å². The summed E-state index contributed by atoms with van der Waals surface area (Å²) in [6.07, 6.45) is 2.65. The molecule has 1 unspecified atom stereocenters. The first-order valence-corrected chi connectivity index (χ1v) is 9.37. The summed E-state index contributed by atoms with van der Waals surface area (Å²) in [4.78, 5) is 12.1. The van der Waals surface area contributed by atoms with Gasteiger partial charge in [-0.15, -0.1) is 0 Å². The molecule has 1 atom stereocenters. The smallest absolute Gasteiger partial charge is 0.387 e. The van der Waals surface area contributed by atoms with E-state index in [0.717, 1.165) is 12.7 Å².